The van der Waals surface area contributed by atoms with E-state index < -0.39 is 0 Å². The van der Waals surface area contributed by atoms with Crippen LogP contribution in [0.3, 0.4) is 0 Å². The second kappa shape index (κ2) is 12.7. The monoisotopic (exact) mass is 396 g/mol. The number of hydrogen-bond donors (Lipinski definition) is 0. The number of Topliss-reactive ketones (excluding diaryl/α,β-unsaturated/α-hetero) is 1. The fourth-order valence-corrected chi connectivity index (χ4v) is 2.51. The topological polar surface area (TPSA) is 61.2 Å². The molecule has 0 fully saturated rings. The Morgan fingerprint density at radius 3 is 2.46 bits per heavy atom. The molecule has 0 bridgehead atoms. The van der Waals surface area contributed by atoms with Crippen molar-refractivity contribution in [3.8, 4) is 0 Å². The second-order valence-corrected chi connectivity index (χ2v) is 7.28. The van der Waals surface area contributed by atoms with Gasteiger partial charge in [0.25, 0.3) is 0 Å². The summed E-state index contributed by atoms with van der Waals surface area (Å²) in [5.74, 6) is 0.651. The SMILES string of the molecule is CC(C)(C)O[C-]=O.[CH2-]Cn1c(C(=O)CCCc2ccccc2Cl)cnc1[CH2-].[Li+]. The summed E-state index contributed by atoms with van der Waals surface area (Å²) in [7, 11) is 0. The maximum absolute atomic E-state index is 12.2. The number of rotatable bonds is 7. The average Bonchev–Trinajstić information content (AvgIpc) is 2.96. The predicted octanol–water partition coefficient (Wildman–Crippen LogP) is 1.63. The Labute approximate surface area is 185 Å². The average molecular weight is 397 g/mol. The van der Waals surface area contributed by atoms with Crippen LogP contribution in [0.25, 0.3) is 0 Å². The number of ether oxygens (including phenoxy) is 1. The van der Waals surface area contributed by atoms with Crippen LogP contribution in [0.1, 0.15) is 55.5 Å². The molecule has 0 spiro atoms. The van der Waals surface area contributed by atoms with Crippen molar-refractivity contribution in [1.82, 2.24) is 9.55 Å². The number of aromatic nitrogens is 2. The van der Waals surface area contributed by atoms with E-state index in [9.17, 15) is 9.59 Å². The molecule has 0 atom stereocenters. The minimum absolute atomic E-state index is 0. The molecule has 2 rings (SSSR count). The van der Waals surface area contributed by atoms with E-state index in [0.29, 0.717) is 24.5 Å². The third-order valence-electron chi connectivity index (χ3n) is 3.60. The Balaban J connectivity index is 0.000000786. The first-order chi connectivity index (χ1) is 12.7. The Kier molecular flexibility index (Phi) is 12.0. The Hall–Kier alpha value is -1.67. The van der Waals surface area contributed by atoms with Crippen LogP contribution in [-0.4, -0.2) is 27.4 Å². The van der Waals surface area contributed by atoms with Gasteiger partial charge in [0.2, 0.25) is 0 Å². The summed E-state index contributed by atoms with van der Waals surface area (Å²) >= 11 is 6.09. The molecule has 1 heterocycles. The van der Waals surface area contributed by atoms with Gasteiger partial charge in [-0.05, 0) is 51.1 Å². The van der Waals surface area contributed by atoms with Crippen molar-refractivity contribution in [1.29, 1.82) is 0 Å². The second-order valence-electron chi connectivity index (χ2n) is 6.88. The molecule has 0 N–H and O–H groups in total. The molecular weight excluding hydrogens is 371 g/mol. The van der Waals surface area contributed by atoms with Gasteiger partial charge in [-0.1, -0.05) is 36.3 Å². The number of hydrogen-bond acceptors (Lipinski definition) is 4. The molecular formula is C21H26ClLiN2O3-2. The van der Waals surface area contributed by atoms with E-state index >= 15 is 0 Å². The largest absolute Gasteiger partial charge is 1.00 e. The van der Waals surface area contributed by atoms with Crippen LogP contribution in [-0.2, 0) is 22.5 Å². The van der Waals surface area contributed by atoms with Crippen LogP contribution in [0.2, 0.25) is 5.02 Å². The first kappa shape index (κ1) is 26.3. The number of carbonyl (C=O) groups excluding carboxylic acids is 2. The summed E-state index contributed by atoms with van der Waals surface area (Å²) in [6, 6.07) is 7.71. The van der Waals surface area contributed by atoms with Crippen molar-refractivity contribution in [3.63, 3.8) is 0 Å². The Morgan fingerprint density at radius 2 is 1.96 bits per heavy atom. The minimum atomic E-state index is -0.373. The van der Waals surface area contributed by atoms with Crippen molar-refractivity contribution in [3.05, 3.63) is 66.4 Å². The molecule has 0 amide bonds. The van der Waals surface area contributed by atoms with E-state index in [4.69, 9.17) is 11.6 Å². The molecule has 0 radical (unpaired) electrons. The smallest absolute Gasteiger partial charge is 0.649 e. The zero-order valence-corrected chi connectivity index (χ0v) is 17.9. The molecule has 0 saturated heterocycles. The molecule has 7 heteroatoms. The van der Waals surface area contributed by atoms with E-state index in [0.717, 1.165) is 23.4 Å². The predicted molar refractivity (Wildman–Crippen MR) is 107 cm³/mol. The van der Waals surface area contributed by atoms with Gasteiger partial charge in [0.05, 0.1) is 17.5 Å². The van der Waals surface area contributed by atoms with Gasteiger partial charge in [-0.3, -0.25) is 9.78 Å². The molecule has 0 saturated carbocycles. The van der Waals surface area contributed by atoms with Crippen molar-refractivity contribution < 1.29 is 33.2 Å². The molecule has 0 aliphatic rings. The van der Waals surface area contributed by atoms with Gasteiger partial charge in [-0.15, -0.1) is 6.54 Å². The Bertz CT molecular complexity index is 754. The van der Waals surface area contributed by atoms with Gasteiger partial charge in [-0.2, -0.15) is 0 Å². The van der Waals surface area contributed by atoms with Crippen LogP contribution in [0.15, 0.2) is 30.5 Å². The van der Waals surface area contributed by atoms with Crippen LogP contribution in [0, 0.1) is 13.8 Å². The molecule has 1 aromatic carbocycles. The molecule has 5 nitrogen and oxygen atoms in total. The standard InChI is InChI=1S/C16H17ClN2O.C5H9O2.Li/c1-3-19-12(2)18-11-15(19)16(20)10-6-8-13-7-4-5-9-14(13)17;1-5(2,3)7-4-6;/h4-5,7,9,11H,1-3,6,8,10H2;1-3H3;/q-2;-1;+1. The van der Waals surface area contributed by atoms with Crippen LogP contribution < -0.4 is 18.9 Å². The van der Waals surface area contributed by atoms with Gasteiger partial charge in [0.1, 0.15) is 0 Å². The fourth-order valence-electron chi connectivity index (χ4n) is 2.28. The van der Waals surface area contributed by atoms with Crippen molar-refractivity contribution >= 4 is 23.9 Å². The van der Waals surface area contributed by atoms with Gasteiger partial charge in [0.15, 0.2) is 5.78 Å². The third kappa shape index (κ3) is 9.01. The van der Waals surface area contributed by atoms with Gasteiger partial charge in [0, 0.05) is 11.4 Å². The number of benzene rings is 1. The molecule has 1 aromatic heterocycles. The zero-order chi connectivity index (χ0) is 20.4. The van der Waals surface area contributed by atoms with Gasteiger partial charge < -0.3 is 27.9 Å². The van der Waals surface area contributed by atoms with E-state index in [2.05, 4.69) is 23.6 Å². The number of ketones is 1. The third-order valence-corrected chi connectivity index (χ3v) is 3.97. The van der Waals surface area contributed by atoms with Crippen molar-refractivity contribution in [2.45, 2.75) is 52.2 Å². The maximum Gasteiger partial charge on any atom is 1.00 e. The molecule has 0 unspecified atom stereocenters. The Morgan fingerprint density at radius 1 is 1.32 bits per heavy atom. The molecule has 2 aromatic rings. The van der Waals surface area contributed by atoms with Crippen LogP contribution in [0.4, 0.5) is 0 Å². The molecule has 0 aliphatic carbocycles. The number of carbonyl (C=O) groups is 1. The maximum atomic E-state index is 12.2. The summed E-state index contributed by atoms with van der Waals surface area (Å²) in [4.78, 5) is 25.7. The normalized spacial score (nSPS) is 10.3. The van der Waals surface area contributed by atoms with Crippen LogP contribution in [0.5, 0.6) is 0 Å². The zero-order valence-electron chi connectivity index (χ0n) is 17.1. The van der Waals surface area contributed by atoms with Crippen molar-refractivity contribution in [2.24, 2.45) is 0 Å². The van der Waals surface area contributed by atoms with Gasteiger partial charge >= 0.3 is 18.9 Å². The van der Waals surface area contributed by atoms with Crippen molar-refractivity contribution in [2.75, 3.05) is 0 Å². The van der Waals surface area contributed by atoms with E-state index in [-0.39, 0.29) is 30.2 Å². The molecule has 0 aliphatic heterocycles. The fraction of sp³-hybridized carbons (Fsp3) is 0.381. The number of aryl methyl sites for hydroxylation is 1. The van der Waals surface area contributed by atoms with E-state index in [1.165, 1.54) is 6.47 Å². The minimum Gasteiger partial charge on any atom is -0.649 e. The number of nitrogens with zero attached hydrogens (tertiary/aromatic N) is 2. The summed E-state index contributed by atoms with van der Waals surface area (Å²) < 4.78 is 6.16. The summed E-state index contributed by atoms with van der Waals surface area (Å²) in [6.07, 6.45) is 3.60. The summed E-state index contributed by atoms with van der Waals surface area (Å²) in [5.41, 5.74) is 1.29. The van der Waals surface area contributed by atoms with E-state index in [1.807, 2.05) is 24.3 Å². The summed E-state index contributed by atoms with van der Waals surface area (Å²) in [6.45, 7) is 14.7. The first-order valence-corrected chi connectivity index (χ1v) is 9.06. The van der Waals surface area contributed by atoms with Crippen LogP contribution >= 0.6 is 11.6 Å². The number of imidazole rings is 1. The van der Waals surface area contributed by atoms with E-state index in [1.54, 1.807) is 31.5 Å². The summed E-state index contributed by atoms with van der Waals surface area (Å²) in [5, 5.41) is 0.753. The quantitative estimate of drug-likeness (QED) is 0.405. The molecule has 28 heavy (non-hydrogen) atoms. The number of halogens is 1. The first-order valence-electron chi connectivity index (χ1n) is 8.68. The molecule has 148 valence electrons. The van der Waals surface area contributed by atoms with Gasteiger partial charge in [-0.25, -0.2) is 0 Å².